The van der Waals surface area contributed by atoms with E-state index in [2.05, 4.69) is 22.9 Å². The Morgan fingerprint density at radius 1 is 1.45 bits per heavy atom. The molecule has 0 amide bonds. The number of aliphatic hydroxyl groups is 1. The van der Waals surface area contributed by atoms with Crippen molar-refractivity contribution < 1.29 is 5.11 Å². The van der Waals surface area contributed by atoms with Gasteiger partial charge in [-0.15, -0.1) is 0 Å². The maximum Gasteiger partial charge on any atom is 0.0947 e. The predicted octanol–water partition coefficient (Wildman–Crippen LogP) is 4.20. The zero-order valence-electron chi connectivity index (χ0n) is 12.5. The summed E-state index contributed by atoms with van der Waals surface area (Å²) in [6.07, 6.45) is 5.64. The zero-order valence-corrected chi connectivity index (χ0v) is 14.1. The van der Waals surface area contributed by atoms with Crippen LogP contribution in [0.2, 0.25) is 0 Å². The number of nitrogens with two attached hydrogens (primary N) is 1. The molecule has 0 radical (unpaired) electrons. The summed E-state index contributed by atoms with van der Waals surface area (Å²) in [6.45, 7) is 4.72. The van der Waals surface area contributed by atoms with Crippen molar-refractivity contribution in [3.8, 4) is 0 Å². The van der Waals surface area contributed by atoms with Gasteiger partial charge in [0.2, 0.25) is 0 Å². The van der Waals surface area contributed by atoms with Crippen LogP contribution in [0.25, 0.3) is 0 Å². The van der Waals surface area contributed by atoms with E-state index < -0.39 is 5.60 Å². The van der Waals surface area contributed by atoms with Crippen LogP contribution in [0.15, 0.2) is 28.7 Å². The molecule has 3 atom stereocenters. The van der Waals surface area contributed by atoms with E-state index in [1.807, 2.05) is 31.2 Å². The van der Waals surface area contributed by atoms with Crippen LogP contribution in [0.1, 0.15) is 51.5 Å². The zero-order chi connectivity index (χ0) is 14.8. The largest absolute Gasteiger partial charge is 0.385 e. The topological polar surface area (TPSA) is 46.2 Å². The van der Waals surface area contributed by atoms with Gasteiger partial charge in [0.1, 0.15) is 0 Å². The monoisotopic (exact) mass is 339 g/mol. The van der Waals surface area contributed by atoms with Gasteiger partial charge in [0.25, 0.3) is 0 Å². The first-order chi connectivity index (χ1) is 9.47. The molecule has 0 spiro atoms. The van der Waals surface area contributed by atoms with E-state index in [4.69, 9.17) is 5.73 Å². The Hall–Kier alpha value is -0.380. The lowest BCUT2D eigenvalue weighted by atomic mass is 9.59. The van der Waals surface area contributed by atoms with Crippen LogP contribution in [-0.4, -0.2) is 11.7 Å². The first-order valence-electron chi connectivity index (χ1n) is 7.64. The van der Waals surface area contributed by atoms with Crippen molar-refractivity contribution in [3.63, 3.8) is 0 Å². The quantitative estimate of drug-likeness (QED) is 0.863. The van der Waals surface area contributed by atoms with Crippen LogP contribution in [-0.2, 0) is 5.60 Å². The summed E-state index contributed by atoms with van der Waals surface area (Å²) in [6, 6.07) is 7.97. The highest BCUT2D eigenvalue weighted by molar-refractivity contribution is 9.10. The summed E-state index contributed by atoms with van der Waals surface area (Å²) in [5.41, 5.74) is 6.01. The summed E-state index contributed by atoms with van der Waals surface area (Å²) in [5.74, 6) is 0.682. The van der Waals surface area contributed by atoms with E-state index in [1.54, 1.807) is 0 Å². The Balaban J connectivity index is 2.41. The van der Waals surface area contributed by atoms with Gasteiger partial charge in [-0.05, 0) is 37.3 Å². The summed E-state index contributed by atoms with van der Waals surface area (Å²) in [4.78, 5) is 0. The molecule has 1 aromatic carbocycles. The standard InChI is InChI=1S/C17H26BrNO/c1-3-13-7-6-10-17(11-13,12-19)16(2,20)14-8-4-5-9-15(14)18/h4-5,8-9,13,20H,3,6-7,10-12,19H2,1-2H3. The molecular weight excluding hydrogens is 314 g/mol. The Bertz CT molecular complexity index is 460. The summed E-state index contributed by atoms with van der Waals surface area (Å²) in [7, 11) is 0. The van der Waals surface area contributed by atoms with E-state index in [9.17, 15) is 5.11 Å². The van der Waals surface area contributed by atoms with Gasteiger partial charge < -0.3 is 10.8 Å². The molecular formula is C17H26BrNO. The molecule has 2 nitrogen and oxygen atoms in total. The van der Waals surface area contributed by atoms with Gasteiger partial charge in [-0.2, -0.15) is 0 Å². The third-order valence-electron chi connectivity index (χ3n) is 5.35. The minimum atomic E-state index is -0.893. The molecule has 1 aliphatic rings. The molecule has 0 aromatic heterocycles. The first-order valence-corrected chi connectivity index (χ1v) is 8.43. The average Bonchev–Trinajstić information content (AvgIpc) is 2.47. The molecule has 1 aliphatic carbocycles. The molecule has 3 unspecified atom stereocenters. The lowest BCUT2D eigenvalue weighted by Crippen LogP contribution is -2.51. The number of halogens is 1. The molecule has 3 heteroatoms. The van der Waals surface area contributed by atoms with Crippen molar-refractivity contribution in [1.29, 1.82) is 0 Å². The lowest BCUT2D eigenvalue weighted by molar-refractivity contribution is -0.103. The SMILES string of the molecule is CCC1CCCC(CN)(C(C)(O)c2ccccc2Br)C1. The Morgan fingerprint density at radius 3 is 2.75 bits per heavy atom. The third kappa shape index (κ3) is 2.68. The minimum absolute atomic E-state index is 0.213. The minimum Gasteiger partial charge on any atom is -0.385 e. The number of hydrogen-bond donors (Lipinski definition) is 2. The van der Waals surface area contributed by atoms with Crippen molar-refractivity contribution in [1.82, 2.24) is 0 Å². The molecule has 0 heterocycles. The first kappa shape index (κ1) is 16.0. The van der Waals surface area contributed by atoms with E-state index in [0.29, 0.717) is 12.5 Å². The van der Waals surface area contributed by atoms with Crippen molar-refractivity contribution >= 4 is 15.9 Å². The number of hydrogen-bond acceptors (Lipinski definition) is 2. The van der Waals surface area contributed by atoms with E-state index >= 15 is 0 Å². The maximum atomic E-state index is 11.3. The maximum absolute atomic E-state index is 11.3. The third-order valence-corrected chi connectivity index (χ3v) is 6.04. The molecule has 1 aromatic rings. The van der Waals surface area contributed by atoms with Crippen molar-refractivity contribution in [3.05, 3.63) is 34.3 Å². The van der Waals surface area contributed by atoms with Gasteiger partial charge in [0.05, 0.1) is 5.60 Å². The second-order valence-corrected chi connectivity index (χ2v) is 7.26. The van der Waals surface area contributed by atoms with Gasteiger partial charge in [-0.1, -0.05) is 60.3 Å². The molecule has 20 heavy (non-hydrogen) atoms. The van der Waals surface area contributed by atoms with E-state index in [1.165, 1.54) is 12.8 Å². The van der Waals surface area contributed by atoms with Crippen molar-refractivity contribution in [2.24, 2.45) is 17.1 Å². The van der Waals surface area contributed by atoms with Gasteiger partial charge in [0.15, 0.2) is 0 Å². The molecule has 1 fully saturated rings. The van der Waals surface area contributed by atoms with Crippen LogP contribution in [0.5, 0.6) is 0 Å². The Morgan fingerprint density at radius 2 is 2.15 bits per heavy atom. The second kappa shape index (κ2) is 6.17. The molecule has 1 saturated carbocycles. The Labute approximate surface area is 130 Å². The van der Waals surface area contributed by atoms with Crippen molar-refractivity contribution in [2.45, 2.75) is 51.6 Å². The molecule has 0 saturated heterocycles. The molecule has 3 N–H and O–H groups in total. The van der Waals surface area contributed by atoms with Crippen LogP contribution in [0.3, 0.4) is 0 Å². The van der Waals surface area contributed by atoms with Crippen molar-refractivity contribution in [2.75, 3.05) is 6.54 Å². The second-order valence-electron chi connectivity index (χ2n) is 6.41. The highest BCUT2D eigenvalue weighted by atomic mass is 79.9. The smallest absolute Gasteiger partial charge is 0.0947 e. The summed E-state index contributed by atoms with van der Waals surface area (Å²) in [5, 5.41) is 11.3. The predicted molar refractivity (Wildman–Crippen MR) is 87.4 cm³/mol. The molecule has 112 valence electrons. The van der Waals surface area contributed by atoms with Gasteiger partial charge >= 0.3 is 0 Å². The fourth-order valence-corrected chi connectivity index (χ4v) is 4.47. The van der Waals surface area contributed by atoms with Gasteiger partial charge in [0, 0.05) is 16.4 Å². The van der Waals surface area contributed by atoms with Crippen LogP contribution < -0.4 is 5.73 Å². The summed E-state index contributed by atoms with van der Waals surface area (Å²) >= 11 is 3.58. The normalized spacial score (nSPS) is 29.9. The number of benzene rings is 1. The van der Waals surface area contributed by atoms with E-state index in [-0.39, 0.29) is 5.41 Å². The fraction of sp³-hybridized carbons (Fsp3) is 0.647. The number of rotatable bonds is 4. The Kier molecular flexibility index (Phi) is 4.93. The average molecular weight is 340 g/mol. The molecule has 0 bridgehead atoms. The highest BCUT2D eigenvalue weighted by Gasteiger charge is 2.49. The molecule has 2 rings (SSSR count). The van der Waals surface area contributed by atoms with Crippen LogP contribution in [0, 0.1) is 11.3 Å². The van der Waals surface area contributed by atoms with Crippen LogP contribution >= 0.6 is 15.9 Å². The molecule has 0 aliphatic heterocycles. The van der Waals surface area contributed by atoms with E-state index in [0.717, 1.165) is 29.3 Å². The fourth-order valence-electron chi connectivity index (χ4n) is 3.80. The lowest BCUT2D eigenvalue weighted by Gasteiger charge is -2.50. The van der Waals surface area contributed by atoms with Gasteiger partial charge in [-0.3, -0.25) is 0 Å². The van der Waals surface area contributed by atoms with Gasteiger partial charge in [-0.25, -0.2) is 0 Å². The van der Waals surface area contributed by atoms with Crippen LogP contribution in [0.4, 0.5) is 0 Å². The highest BCUT2D eigenvalue weighted by Crippen LogP contribution is 2.52. The summed E-state index contributed by atoms with van der Waals surface area (Å²) < 4.78 is 0.969.